The van der Waals surface area contributed by atoms with Crippen LogP contribution in [0.1, 0.15) is 40.2 Å². The molecule has 4 rings (SSSR count). The molecule has 0 radical (unpaired) electrons. The Labute approximate surface area is 255 Å². The first kappa shape index (κ1) is 31.7. The zero-order valence-electron chi connectivity index (χ0n) is 24.5. The molecule has 43 heavy (non-hydrogen) atoms. The lowest BCUT2D eigenvalue weighted by molar-refractivity contribution is 0.130. The Morgan fingerprint density at radius 2 is 1.56 bits per heavy atom. The van der Waals surface area contributed by atoms with E-state index in [1.165, 1.54) is 17.4 Å². The number of benzene rings is 3. The molecule has 0 fully saturated rings. The maximum Gasteiger partial charge on any atom is 0.411 e. The summed E-state index contributed by atoms with van der Waals surface area (Å²) in [6, 6.07) is 21.0. The molecule has 0 aliphatic carbocycles. The van der Waals surface area contributed by atoms with Crippen molar-refractivity contribution in [3.8, 4) is 21.0 Å². The molecule has 4 aromatic rings. The summed E-state index contributed by atoms with van der Waals surface area (Å²) >= 11 is 1.31. The molecule has 0 atom stereocenters. The van der Waals surface area contributed by atoms with Gasteiger partial charge in [-0.25, -0.2) is 27.7 Å². The van der Waals surface area contributed by atoms with Crippen molar-refractivity contribution in [1.29, 1.82) is 0 Å². The van der Waals surface area contributed by atoms with Gasteiger partial charge < -0.3 is 9.47 Å². The fourth-order valence-corrected chi connectivity index (χ4v) is 6.64. The van der Waals surface area contributed by atoms with Crippen LogP contribution in [0.2, 0.25) is 0 Å². The first-order chi connectivity index (χ1) is 20.3. The number of hydrogen-bond donors (Lipinski definition) is 3. The number of aromatic nitrogens is 1. The number of rotatable bonds is 9. The van der Waals surface area contributed by atoms with Gasteiger partial charge >= 0.3 is 12.2 Å². The summed E-state index contributed by atoms with van der Waals surface area (Å²) in [4.78, 5) is 29.5. The lowest BCUT2D eigenvalue weighted by Crippen LogP contribution is -2.40. The van der Waals surface area contributed by atoms with Crippen molar-refractivity contribution < 1.29 is 27.5 Å². The highest BCUT2D eigenvalue weighted by Gasteiger charge is 2.27. The van der Waals surface area contributed by atoms with Crippen LogP contribution in [0.5, 0.6) is 0 Å². The Kier molecular flexibility index (Phi) is 9.84. The first-order valence-corrected chi connectivity index (χ1v) is 15.8. The topological polar surface area (TPSA) is 136 Å². The van der Waals surface area contributed by atoms with Crippen molar-refractivity contribution >= 4 is 44.9 Å². The zero-order valence-corrected chi connectivity index (χ0v) is 26.1. The lowest BCUT2D eigenvalue weighted by atomic mass is 10.1. The maximum absolute atomic E-state index is 13.5. The number of anilines is 2. The van der Waals surface area contributed by atoms with Crippen LogP contribution < -0.4 is 15.4 Å². The minimum Gasteiger partial charge on any atom is -0.447 e. The first-order valence-electron chi connectivity index (χ1n) is 13.5. The number of carbonyl (C=O) groups excluding carboxylic acids is 2. The van der Waals surface area contributed by atoms with Gasteiger partial charge in [-0.05, 0) is 76.6 Å². The van der Waals surface area contributed by atoms with Gasteiger partial charge in [-0.3, -0.25) is 10.6 Å². The largest absolute Gasteiger partial charge is 0.447 e. The zero-order chi connectivity index (χ0) is 31.2. The second kappa shape index (κ2) is 13.4. The van der Waals surface area contributed by atoms with Gasteiger partial charge in [0.2, 0.25) is 10.0 Å². The van der Waals surface area contributed by atoms with E-state index in [1.807, 2.05) is 30.3 Å². The molecular weight excluding hydrogens is 588 g/mol. The lowest BCUT2D eigenvalue weighted by Gasteiger charge is -2.22. The summed E-state index contributed by atoms with van der Waals surface area (Å²) in [7, 11) is -4.01. The van der Waals surface area contributed by atoms with E-state index >= 15 is 0 Å². The number of nitrogens with zero attached hydrogens (tertiary/aromatic N) is 1. The highest BCUT2D eigenvalue weighted by molar-refractivity contribution is 7.89. The predicted octanol–water partition coefficient (Wildman–Crippen LogP) is 7.26. The summed E-state index contributed by atoms with van der Waals surface area (Å²) < 4.78 is 40.2. The molecule has 1 heterocycles. The Morgan fingerprint density at radius 3 is 2.21 bits per heavy atom. The van der Waals surface area contributed by atoms with E-state index in [0.717, 1.165) is 11.1 Å². The predicted molar refractivity (Wildman–Crippen MR) is 169 cm³/mol. The number of sulfonamides is 1. The Hall–Kier alpha value is -4.26. The molecule has 1 aromatic heterocycles. The van der Waals surface area contributed by atoms with Crippen LogP contribution in [0.4, 0.5) is 21.0 Å². The molecule has 0 unspecified atom stereocenters. The third kappa shape index (κ3) is 9.11. The fraction of sp³-hybridized carbons (Fsp3) is 0.258. The smallest absolute Gasteiger partial charge is 0.411 e. The summed E-state index contributed by atoms with van der Waals surface area (Å²) in [5, 5.41) is 5.95. The van der Waals surface area contributed by atoms with E-state index in [-0.39, 0.29) is 23.3 Å². The van der Waals surface area contributed by atoms with Gasteiger partial charge in [0.1, 0.15) is 11.6 Å². The van der Waals surface area contributed by atoms with Crippen molar-refractivity contribution in [2.24, 2.45) is 0 Å². The molecule has 12 heteroatoms. The molecule has 2 amide bonds. The molecule has 0 bridgehead atoms. The van der Waals surface area contributed by atoms with E-state index < -0.39 is 27.7 Å². The van der Waals surface area contributed by atoms with Crippen LogP contribution in [0, 0.1) is 0 Å². The summed E-state index contributed by atoms with van der Waals surface area (Å²) in [5.74, 6) is 0. The van der Waals surface area contributed by atoms with E-state index in [4.69, 9.17) is 9.47 Å². The normalized spacial score (nSPS) is 11.7. The van der Waals surface area contributed by atoms with Gasteiger partial charge in [0.05, 0.1) is 15.9 Å². The maximum atomic E-state index is 13.5. The molecule has 0 aliphatic heterocycles. The van der Waals surface area contributed by atoms with Gasteiger partial charge in [0, 0.05) is 34.2 Å². The van der Waals surface area contributed by atoms with Crippen molar-refractivity contribution in [3.05, 3.63) is 84.6 Å². The quantitative estimate of drug-likeness (QED) is 0.179. The molecule has 10 nitrogen and oxygen atoms in total. The van der Waals surface area contributed by atoms with Crippen LogP contribution >= 0.6 is 11.3 Å². The minimum atomic E-state index is -4.01. The number of thiazole rings is 1. The number of hydrogen-bond acceptors (Lipinski definition) is 8. The number of carbonyl (C=O) groups is 2. The Bertz CT molecular complexity index is 1680. The monoisotopic (exact) mass is 622 g/mol. The minimum absolute atomic E-state index is 0.0123. The van der Waals surface area contributed by atoms with Crippen LogP contribution in [-0.4, -0.2) is 37.2 Å². The van der Waals surface area contributed by atoms with Gasteiger partial charge in [0.15, 0.2) is 0 Å². The van der Waals surface area contributed by atoms with Crippen molar-refractivity contribution in [2.45, 2.75) is 57.8 Å². The molecule has 0 aliphatic rings. The SMILES string of the molecule is CC(C)OC(=O)Nc1ccc(-c2ncc(-c3ccc(NC(=O)OCc4ccccc4)cc3S(=O)(=O)NC(C)(C)C)s2)cc1. The van der Waals surface area contributed by atoms with Gasteiger partial charge in [-0.2, -0.15) is 0 Å². The molecule has 3 aromatic carbocycles. The van der Waals surface area contributed by atoms with Crippen molar-refractivity contribution in [2.75, 3.05) is 10.6 Å². The third-order valence-electron chi connectivity index (χ3n) is 5.66. The van der Waals surface area contributed by atoms with E-state index in [0.29, 0.717) is 21.1 Å². The second-order valence-corrected chi connectivity index (χ2v) is 13.6. The summed E-state index contributed by atoms with van der Waals surface area (Å²) in [6.07, 6.45) is 0.121. The standard InChI is InChI=1S/C31H34N4O6S2/c1-20(2)41-30(37)33-23-13-11-22(12-14-23)28-32-18-26(42-28)25-16-15-24(17-27(25)43(38,39)35-31(3,4)5)34-29(36)40-19-21-9-7-6-8-10-21/h6-18,20,35H,19H2,1-5H3,(H,33,37)(H,34,36). The number of ether oxygens (including phenoxy) is 2. The third-order valence-corrected chi connectivity index (χ3v) is 8.54. The van der Waals surface area contributed by atoms with Gasteiger partial charge in [-0.1, -0.05) is 36.4 Å². The summed E-state index contributed by atoms with van der Waals surface area (Å²) in [5.41, 5.74) is 2.13. The molecule has 3 N–H and O–H groups in total. The van der Waals surface area contributed by atoms with E-state index in [2.05, 4.69) is 20.3 Å². The van der Waals surface area contributed by atoms with Crippen LogP contribution in [0.3, 0.4) is 0 Å². The van der Waals surface area contributed by atoms with Crippen LogP contribution in [0.25, 0.3) is 21.0 Å². The summed E-state index contributed by atoms with van der Waals surface area (Å²) in [6.45, 7) is 8.86. The fourth-order valence-electron chi connectivity index (χ4n) is 3.95. The highest BCUT2D eigenvalue weighted by atomic mass is 32.2. The number of amides is 2. The molecule has 226 valence electrons. The Balaban J connectivity index is 1.58. The van der Waals surface area contributed by atoms with Crippen molar-refractivity contribution in [3.63, 3.8) is 0 Å². The molecule has 0 saturated heterocycles. The van der Waals surface area contributed by atoms with Crippen LogP contribution in [0.15, 0.2) is 83.9 Å². The van der Waals surface area contributed by atoms with E-state index in [9.17, 15) is 18.0 Å². The molecule has 0 saturated carbocycles. The Morgan fingerprint density at radius 1 is 0.907 bits per heavy atom. The number of nitrogens with one attached hydrogen (secondary N) is 3. The molecular formula is C31H34N4O6S2. The average molecular weight is 623 g/mol. The van der Waals surface area contributed by atoms with Gasteiger partial charge in [-0.15, -0.1) is 11.3 Å². The average Bonchev–Trinajstić information content (AvgIpc) is 3.41. The van der Waals surface area contributed by atoms with Crippen molar-refractivity contribution in [1.82, 2.24) is 9.71 Å². The second-order valence-electron chi connectivity index (χ2n) is 10.9. The van der Waals surface area contributed by atoms with Gasteiger partial charge in [0.25, 0.3) is 0 Å². The molecule has 0 spiro atoms. The van der Waals surface area contributed by atoms with E-state index in [1.54, 1.807) is 77.2 Å². The van der Waals surface area contributed by atoms with Crippen LogP contribution in [-0.2, 0) is 26.1 Å². The highest BCUT2D eigenvalue weighted by Crippen LogP contribution is 2.37.